The Bertz CT molecular complexity index is 1280. The van der Waals surface area contributed by atoms with Crippen molar-refractivity contribution in [3.63, 3.8) is 0 Å². The summed E-state index contributed by atoms with van der Waals surface area (Å²) in [6.07, 6.45) is -1.42. The molecule has 2 saturated heterocycles. The first-order chi connectivity index (χ1) is 17.6. The smallest absolute Gasteiger partial charge is 0.408 e. The quantitative estimate of drug-likeness (QED) is 0.464. The van der Waals surface area contributed by atoms with E-state index in [2.05, 4.69) is 15.3 Å². The van der Waals surface area contributed by atoms with E-state index in [4.69, 9.17) is 29.4 Å². The maximum atomic E-state index is 13.0. The topological polar surface area (TPSA) is 169 Å². The molecule has 0 bridgehead atoms. The van der Waals surface area contributed by atoms with Crippen LogP contribution in [0.15, 0.2) is 11.0 Å². The Hall–Kier alpha value is -3.16. The number of anilines is 1. The summed E-state index contributed by atoms with van der Waals surface area (Å²) in [7, 11) is 1.73. The molecule has 2 aromatic rings. The fraction of sp³-hybridized carbons (Fsp3) is 0.680. The second-order valence-corrected chi connectivity index (χ2v) is 11.5. The number of esters is 1. The fourth-order valence-electron chi connectivity index (χ4n) is 4.81. The van der Waals surface area contributed by atoms with Crippen molar-refractivity contribution >= 4 is 29.0 Å². The number of aromatic amines is 1. The van der Waals surface area contributed by atoms with Crippen LogP contribution in [-0.4, -0.2) is 68.9 Å². The van der Waals surface area contributed by atoms with Gasteiger partial charge in [0, 0.05) is 18.8 Å². The lowest BCUT2D eigenvalue weighted by Gasteiger charge is -2.26. The third-order valence-electron chi connectivity index (χ3n) is 6.31. The van der Waals surface area contributed by atoms with Crippen LogP contribution in [0.1, 0.15) is 60.1 Å². The Labute approximate surface area is 220 Å². The highest BCUT2D eigenvalue weighted by molar-refractivity contribution is 5.82. The third-order valence-corrected chi connectivity index (χ3v) is 6.31. The predicted octanol–water partition coefficient (Wildman–Crippen LogP) is 1.90. The lowest BCUT2D eigenvalue weighted by atomic mass is 10.0. The molecule has 2 aromatic heterocycles. The van der Waals surface area contributed by atoms with Crippen LogP contribution in [0, 0.1) is 5.92 Å². The Morgan fingerprint density at radius 1 is 1.26 bits per heavy atom. The molecule has 4 heterocycles. The van der Waals surface area contributed by atoms with E-state index < -0.39 is 53.9 Å². The zero-order valence-electron chi connectivity index (χ0n) is 23.0. The van der Waals surface area contributed by atoms with Crippen molar-refractivity contribution in [2.45, 2.75) is 90.3 Å². The first-order valence-electron chi connectivity index (χ1n) is 12.6. The van der Waals surface area contributed by atoms with Gasteiger partial charge < -0.3 is 39.3 Å². The monoisotopic (exact) mass is 535 g/mol. The van der Waals surface area contributed by atoms with Gasteiger partial charge in [-0.15, -0.1) is 0 Å². The number of hydrogen-bond donors (Lipinski definition) is 3. The van der Waals surface area contributed by atoms with Gasteiger partial charge >= 0.3 is 12.1 Å². The summed E-state index contributed by atoms with van der Waals surface area (Å²) in [5, 5.41) is 2.59. The number of nitrogens with one attached hydrogen (secondary N) is 2. The van der Waals surface area contributed by atoms with Crippen molar-refractivity contribution in [2.24, 2.45) is 13.0 Å². The molecule has 1 amide bonds. The lowest BCUT2D eigenvalue weighted by molar-refractivity contribution is -0.194. The summed E-state index contributed by atoms with van der Waals surface area (Å²) in [4.78, 5) is 44.6. The summed E-state index contributed by atoms with van der Waals surface area (Å²) in [5.74, 6) is -1.81. The van der Waals surface area contributed by atoms with Crippen LogP contribution < -0.4 is 16.6 Å². The largest absolute Gasteiger partial charge is 0.461 e. The summed E-state index contributed by atoms with van der Waals surface area (Å²) in [6.45, 7) is 12.2. The van der Waals surface area contributed by atoms with Crippen LogP contribution >= 0.6 is 0 Å². The summed E-state index contributed by atoms with van der Waals surface area (Å²) in [5.41, 5.74) is 6.07. The van der Waals surface area contributed by atoms with Gasteiger partial charge in [-0.2, -0.15) is 0 Å². The number of nitrogens with zero attached hydrogens (tertiary/aromatic N) is 2. The molecule has 0 radical (unpaired) electrons. The molecule has 0 aromatic carbocycles. The molecule has 2 aliphatic rings. The number of aromatic nitrogens is 3. The molecular formula is C25H37N5O8. The van der Waals surface area contributed by atoms with E-state index in [0.717, 1.165) is 0 Å². The average Bonchev–Trinajstić information content (AvgIpc) is 3.36. The van der Waals surface area contributed by atoms with Crippen molar-refractivity contribution in [2.75, 3.05) is 12.3 Å². The molecule has 2 aliphatic heterocycles. The molecule has 0 unspecified atom stereocenters. The molecule has 210 valence electrons. The lowest BCUT2D eigenvalue weighted by Crippen LogP contribution is -2.48. The van der Waals surface area contributed by atoms with Crippen LogP contribution in [0.4, 0.5) is 10.7 Å². The minimum Gasteiger partial charge on any atom is -0.461 e. The van der Waals surface area contributed by atoms with Crippen LogP contribution in [0.5, 0.6) is 0 Å². The summed E-state index contributed by atoms with van der Waals surface area (Å²) in [6, 6.07) is -0.924. The third kappa shape index (κ3) is 5.64. The Morgan fingerprint density at radius 3 is 2.55 bits per heavy atom. The maximum absolute atomic E-state index is 13.0. The number of amides is 1. The summed E-state index contributed by atoms with van der Waals surface area (Å²) < 4.78 is 31.1. The summed E-state index contributed by atoms with van der Waals surface area (Å²) >= 11 is 0. The van der Waals surface area contributed by atoms with Crippen molar-refractivity contribution < 1.29 is 33.3 Å². The standard InChI is InChI=1S/C25H37N5O8/c1-11(2)14(28-23(33)38-24(3,4)5)21(32)34-10-13-18-19(37-25(6,7)36-18)17(35-13)12-9-30(8)16-15(12)27-22(26)29-20(16)31/h9,11,13-14,17-19H,10H2,1-8H3,(H,28,33)(H3,26,27,29,31)/t13-,14+,17+,18-,19+/m1/s1. The van der Waals surface area contributed by atoms with E-state index in [0.29, 0.717) is 16.6 Å². The van der Waals surface area contributed by atoms with E-state index in [1.807, 2.05) is 0 Å². The number of ether oxygens (including phenoxy) is 5. The van der Waals surface area contributed by atoms with Crippen molar-refractivity contribution in [3.8, 4) is 0 Å². The highest BCUT2D eigenvalue weighted by Crippen LogP contribution is 2.46. The highest BCUT2D eigenvalue weighted by atomic mass is 16.8. The van der Waals surface area contributed by atoms with Crippen molar-refractivity contribution in [1.82, 2.24) is 19.9 Å². The van der Waals surface area contributed by atoms with E-state index >= 15 is 0 Å². The van der Waals surface area contributed by atoms with Gasteiger partial charge in [0.15, 0.2) is 5.79 Å². The minimum atomic E-state index is -0.924. The van der Waals surface area contributed by atoms with Gasteiger partial charge in [0.05, 0.1) is 0 Å². The van der Waals surface area contributed by atoms with E-state index in [-0.39, 0.29) is 24.0 Å². The zero-order chi connectivity index (χ0) is 28.2. The van der Waals surface area contributed by atoms with Crippen molar-refractivity contribution in [1.29, 1.82) is 0 Å². The minimum absolute atomic E-state index is 0.0175. The molecule has 0 spiro atoms. The molecule has 4 N–H and O–H groups in total. The maximum Gasteiger partial charge on any atom is 0.408 e. The van der Waals surface area contributed by atoms with Crippen LogP contribution in [0.2, 0.25) is 0 Å². The van der Waals surface area contributed by atoms with Crippen LogP contribution in [0.3, 0.4) is 0 Å². The van der Waals surface area contributed by atoms with Crippen molar-refractivity contribution in [3.05, 3.63) is 22.1 Å². The van der Waals surface area contributed by atoms with Gasteiger partial charge in [0.1, 0.15) is 53.7 Å². The van der Waals surface area contributed by atoms with Crippen LogP contribution in [-0.2, 0) is 35.5 Å². The number of nitrogen functional groups attached to an aromatic ring is 1. The first kappa shape index (κ1) is 27.9. The number of carbonyl (C=O) groups is 2. The van der Waals surface area contributed by atoms with Gasteiger partial charge in [-0.1, -0.05) is 13.8 Å². The SMILES string of the molecule is CC(C)[C@H](NC(=O)OC(C)(C)C)C(=O)OC[C@H]1O[C@@H](c2cn(C)c3c(=O)[nH]c(N)nc23)[C@@H]2OC(C)(C)O[C@@H]21. The van der Waals surface area contributed by atoms with Gasteiger partial charge in [0.25, 0.3) is 5.56 Å². The Kier molecular flexibility index (Phi) is 7.23. The van der Waals surface area contributed by atoms with Gasteiger partial charge in [-0.3, -0.25) is 9.78 Å². The number of hydrogen-bond acceptors (Lipinski definition) is 10. The van der Waals surface area contributed by atoms with Gasteiger partial charge in [0.2, 0.25) is 5.95 Å². The van der Waals surface area contributed by atoms with E-state index in [1.54, 1.807) is 66.3 Å². The molecular weight excluding hydrogens is 498 g/mol. The van der Waals surface area contributed by atoms with Gasteiger partial charge in [-0.25, -0.2) is 14.6 Å². The number of alkyl carbamates (subject to hydrolysis) is 1. The molecule has 38 heavy (non-hydrogen) atoms. The molecule has 2 fully saturated rings. The van der Waals surface area contributed by atoms with E-state index in [9.17, 15) is 14.4 Å². The van der Waals surface area contributed by atoms with E-state index in [1.165, 1.54) is 0 Å². The number of nitrogens with two attached hydrogens (primary N) is 1. The van der Waals surface area contributed by atoms with Gasteiger partial charge in [-0.05, 0) is 40.5 Å². The number of H-pyrrole nitrogens is 1. The average molecular weight is 536 g/mol. The molecule has 13 nitrogen and oxygen atoms in total. The Morgan fingerprint density at radius 2 is 1.92 bits per heavy atom. The molecule has 0 aliphatic carbocycles. The normalized spacial score (nSPS) is 25.4. The molecule has 0 saturated carbocycles. The Balaban J connectivity index is 1.54. The second kappa shape index (κ2) is 9.86. The number of carbonyl (C=O) groups excluding carboxylic acids is 2. The van der Waals surface area contributed by atoms with Crippen LogP contribution in [0.25, 0.3) is 11.0 Å². The molecule has 13 heteroatoms. The molecule has 4 rings (SSSR count). The highest BCUT2D eigenvalue weighted by Gasteiger charge is 2.56. The second-order valence-electron chi connectivity index (χ2n) is 11.5. The number of fused-ring (bicyclic) bond motifs is 2. The molecule has 5 atom stereocenters. The fourth-order valence-corrected chi connectivity index (χ4v) is 4.81. The number of aryl methyl sites for hydroxylation is 1. The first-order valence-corrected chi connectivity index (χ1v) is 12.6. The zero-order valence-corrected chi connectivity index (χ0v) is 23.0. The number of rotatable bonds is 6. The predicted molar refractivity (Wildman–Crippen MR) is 136 cm³/mol.